The summed E-state index contributed by atoms with van der Waals surface area (Å²) in [6.45, 7) is 3.72. The van der Waals surface area contributed by atoms with Crippen molar-refractivity contribution in [1.82, 2.24) is 9.88 Å². The highest BCUT2D eigenvalue weighted by Crippen LogP contribution is 2.30. The molecule has 5 heteroatoms. The maximum atomic E-state index is 12.5. The van der Waals surface area contributed by atoms with Crippen molar-refractivity contribution in [2.75, 3.05) is 18.5 Å². The van der Waals surface area contributed by atoms with Crippen LogP contribution in [0, 0.1) is 5.92 Å². The second-order valence-corrected chi connectivity index (χ2v) is 4.76. The number of hydrogen-bond acceptors (Lipinski definition) is 4. The van der Waals surface area contributed by atoms with E-state index in [-0.39, 0.29) is 5.91 Å². The molecule has 1 amide bonds. The van der Waals surface area contributed by atoms with Gasteiger partial charge in [0.2, 0.25) is 0 Å². The standard InChI is InChI=1S/C13H20N4O/c1-2-7-17(9-10-3-4-10)13(18)11-8-15-6-5-12(11)16-14/h5-6,8,10H,2-4,7,9,14H2,1H3,(H,15,16). The Morgan fingerprint density at radius 2 is 2.39 bits per heavy atom. The van der Waals surface area contributed by atoms with E-state index in [1.165, 1.54) is 12.8 Å². The van der Waals surface area contributed by atoms with Crippen molar-refractivity contribution in [3.05, 3.63) is 24.0 Å². The molecule has 0 aromatic carbocycles. The smallest absolute Gasteiger partial charge is 0.257 e. The van der Waals surface area contributed by atoms with Gasteiger partial charge in [-0.15, -0.1) is 0 Å². The molecule has 0 bridgehead atoms. The van der Waals surface area contributed by atoms with E-state index < -0.39 is 0 Å². The van der Waals surface area contributed by atoms with Crippen molar-refractivity contribution < 1.29 is 4.79 Å². The summed E-state index contributed by atoms with van der Waals surface area (Å²) in [5.41, 5.74) is 3.74. The highest BCUT2D eigenvalue weighted by molar-refractivity contribution is 5.99. The van der Waals surface area contributed by atoms with Gasteiger partial charge in [-0.1, -0.05) is 6.92 Å². The molecule has 2 rings (SSSR count). The van der Waals surface area contributed by atoms with E-state index in [1.54, 1.807) is 18.5 Å². The number of anilines is 1. The van der Waals surface area contributed by atoms with E-state index in [0.717, 1.165) is 19.5 Å². The van der Waals surface area contributed by atoms with Crippen LogP contribution in [0.3, 0.4) is 0 Å². The molecule has 18 heavy (non-hydrogen) atoms. The molecule has 0 atom stereocenters. The molecule has 1 aromatic rings. The van der Waals surface area contributed by atoms with Crippen LogP contribution in [0.2, 0.25) is 0 Å². The summed E-state index contributed by atoms with van der Waals surface area (Å²) < 4.78 is 0. The summed E-state index contributed by atoms with van der Waals surface area (Å²) in [4.78, 5) is 18.4. The van der Waals surface area contributed by atoms with Gasteiger partial charge in [0, 0.05) is 25.5 Å². The van der Waals surface area contributed by atoms with E-state index in [9.17, 15) is 4.79 Å². The lowest BCUT2D eigenvalue weighted by molar-refractivity contribution is 0.0748. The van der Waals surface area contributed by atoms with Gasteiger partial charge >= 0.3 is 0 Å². The van der Waals surface area contributed by atoms with E-state index in [1.807, 2.05) is 4.90 Å². The molecule has 1 heterocycles. The molecule has 0 aliphatic heterocycles. The van der Waals surface area contributed by atoms with Crippen LogP contribution in [-0.2, 0) is 0 Å². The molecule has 0 radical (unpaired) electrons. The van der Waals surface area contributed by atoms with Crippen LogP contribution in [0.15, 0.2) is 18.5 Å². The van der Waals surface area contributed by atoms with E-state index >= 15 is 0 Å². The number of aromatic nitrogens is 1. The van der Waals surface area contributed by atoms with Crippen LogP contribution >= 0.6 is 0 Å². The highest BCUT2D eigenvalue weighted by Gasteiger charge is 2.27. The van der Waals surface area contributed by atoms with Crippen LogP contribution in [0.4, 0.5) is 5.69 Å². The zero-order valence-corrected chi connectivity index (χ0v) is 10.7. The number of nitrogens with two attached hydrogens (primary N) is 1. The number of nitrogens with one attached hydrogen (secondary N) is 1. The number of pyridine rings is 1. The molecule has 0 unspecified atom stereocenters. The van der Waals surface area contributed by atoms with Gasteiger partial charge < -0.3 is 10.3 Å². The number of rotatable bonds is 6. The van der Waals surface area contributed by atoms with Crippen molar-refractivity contribution in [3.63, 3.8) is 0 Å². The first-order chi connectivity index (χ1) is 8.76. The fraction of sp³-hybridized carbons (Fsp3) is 0.538. The number of amides is 1. The Kier molecular flexibility index (Phi) is 4.15. The predicted molar refractivity (Wildman–Crippen MR) is 71.0 cm³/mol. The van der Waals surface area contributed by atoms with Gasteiger partial charge in [-0.25, -0.2) is 0 Å². The normalized spacial score (nSPS) is 14.3. The van der Waals surface area contributed by atoms with Crippen molar-refractivity contribution in [3.8, 4) is 0 Å². The van der Waals surface area contributed by atoms with Crippen LogP contribution < -0.4 is 11.3 Å². The molecule has 1 aliphatic carbocycles. The largest absolute Gasteiger partial charge is 0.338 e. The predicted octanol–water partition coefficient (Wildman–Crippen LogP) is 1.63. The third-order valence-electron chi connectivity index (χ3n) is 3.16. The summed E-state index contributed by atoms with van der Waals surface area (Å²) in [6, 6.07) is 1.72. The summed E-state index contributed by atoms with van der Waals surface area (Å²) in [5, 5.41) is 0. The van der Waals surface area contributed by atoms with Gasteiger partial charge in [0.05, 0.1) is 11.3 Å². The van der Waals surface area contributed by atoms with Gasteiger partial charge in [-0.2, -0.15) is 0 Å². The Labute approximate surface area is 107 Å². The third kappa shape index (κ3) is 2.98. The van der Waals surface area contributed by atoms with Gasteiger partial charge in [0.15, 0.2) is 0 Å². The minimum atomic E-state index is 0.0183. The monoisotopic (exact) mass is 248 g/mol. The number of hydrogen-bond donors (Lipinski definition) is 2. The van der Waals surface area contributed by atoms with E-state index in [0.29, 0.717) is 17.2 Å². The minimum Gasteiger partial charge on any atom is -0.338 e. The quantitative estimate of drug-likeness (QED) is 0.593. The molecular formula is C13H20N4O. The number of hydrazine groups is 1. The van der Waals surface area contributed by atoms with Gasteiger partial charge in [-0.3, -0.25) is 15.6 Å². The lowest BCUT2D eigenvalue weighted by atomic mass is 10.2. The van der Waals surface area contributed by atoms with Gasteiger partial charge in [0.1, 0.15) is 0 Å². The first-order valence-corrected chi connectivity index (χ1v) is 6.46. The first-order valence-electron chi connectivity index (χ1n) is 6.46. The Morgan fingerprint density at radius 1 is 1.61 bits per heavy atom. The Hall–Kier alpha value is -1.62. The van der Waals surface area contributed by atoms with Crippen LogP contribution in [0.1, 0.15) is 36.5 Å². The molecule has 1 fully saturated rings. The molecular weight excluding hydrogens is 228 g/mol. The van der Waals surface area contributed by atoms with Gasteiger partial charge in [-0.05, 0) is 31.2 Å². The molecule has 1 aromatic heterocycles. The maximum Gasteiger partial charge on any atom is 0.257 e. The number of nitrogen functional groups attached to an aromatic ring is 1. The third-order valence-corrected chi connectivity index (χ3v) is 3.16. The molecule has 98 valence electrons. The summed E-state index contributed by atoms with van der Waals surface area (Å²) >= 11 is 0. The summed E-state index contributed by atoms with van der Waals surface area (Å²) in [6.07, 6.45) is 6.64. The second-order valence-electron chi connectivity index (χ2n) is 4.76. The van der Waals surface area contributed by atoms with Crippen molar-refractivity contribution in [1.29, 1.82) is 0 Å². The van der Waals surface area contributed by atoms with Crippen molar-refractivity contribution in [2.24, 2.45) is 11.8 Å². The highest BCUT2D eigenvalue weighted by atomic mass is 16.2. The number of carbonyl (C=O) groups is 1. The average molecular weight is 248 g/mol. The summed E-state index contributed by atoms with van der Waals surface area (Å²) in [5.74, 6) is 6.13. The fourth-order valence-corrected chi connectivity index (χ4v) is 2.02. The van der Waals surface area contributed by atoms with Crippen LogP contribution in [-0.4, -0.2) is 28.9 Å². The van der Waals surface area contributed by atoms with Gasteiger partial charge in [0.25, 0.3) is 5.91 Å². The second kappa shape index (κ2) is 5.82. The maximum absolute atomic E-state index is 12.5. The Balaban J connectivity index is 2.15. The number of carbonyl (C=O) groups excluding carboxylic acids is 1. The minimum absolute atomic E-state index is 0.0183. The van der Waals surface area contributed by atoms with Crippen LogP contribution in [0.25, 0.3) is 0 Å². The van der Waals surface area contributed by atoms with E-state index in [4.69, 9.17) is 5.84 Å². The molecule has 5 nitrogen and oxygen atoms in total. The zero-order chi connectivity index (χ0) is 13.0. The van der Waals surface area contributed by atoms with Crippen molar-refractivity contribution >= 4 is 11.6 Å². The van der Waals surface area contributed by atoms with Crippen LogP contribution in [0.5, 0.6) is 0 Å². The molecule has 0 spiro atoms. The average Bonchev–Trinajstić information content (AvgIpc) is 3.21. The molecule has 1 aliphatic rings. The lowest BCUT2D eigenvalue weighted by Gasteiger charge is -2.23. The first kappa shape index (κ1) is 12.8. The topological polar surface area (TPSA) is 71.2 Å². The molecule has 3 N–H and O–H groups in total. The Bertz CT molecular complexity index is 417. The Morgan fingerprint density at radius 3 is 3.00 bits per heavy atom. The molecule has 0 saturated heterocycles. The SMILES string of the molecule is CCCN(CC1CC1)C(=O)c1cnccc1NN. The fourth-order valence-electron chi connectivity index (χ4n) is 2.02. The molecule has 1 saturated carbocycles. The van der Waals surface area contributed by atoms with E-state index in [2.05, 4.69) is 17.3 Å². The number of nitrogens with zero attached hydrogens (tertiary/aromatic N) is 2. The lowest BCUT2D eigenvalue weighted by Crippen LogP contribution is -2.34. The summed E-state index contributed by atoms with van der Waals surface area (Å²) in [7, 11) is 0. The van der Waals surface area contributed by atoms with Crippen molar-refractivity contribution in [2.45, 2.75) is 26.2 Å². The zero-order valence-electron chi connectivity index (χ0n) is 10.7.